The summed E-state index contributed by atoms with van der Waals surface area (Å²) in [5, 5.41) is 4.59. The van der Waals surface area contributed by atoms with Gasteiger partial charge in [0.1, 0.15) is 0 Å². The van der Waals surface area contributed by atoms with Gasteiger partial charge in [-0.1, -0.05) is 0 Å². The van der Waals surface area contributed by atoms with E-state index in [4.69, 9.17) is 0 Å². The Balaban J connectivity index is 3.73. The first-order valence-electron chi connectivity index (χ1n) is 4.33. The Bertz CT molecular complexity index is 227. The maximum Gasteiger partial charge on any atom is 0.396 e. The molecule has 0 aliphatic carbocycles. The average Bonchev–Trinajstić information content (AvgIpc) is 2.15. The molecule has 0 aromatic carbocycles. The van der Waals surface area contributed by atoms with Crippen LogP contribution in [0.15, 0.2) is 0 Å². The first kappa shape index (κ1) is 12.4. The first-order valence-corrected chi connectivity index (χ1v) is 4.33. The summed E-state index contributed by atoms with van der Waals surface area (Å²) in [4.78, 5) is 32.5. The highest BCUT2D eigenvalue weighted by Crippen LogP contribution is 1.77. The minimum absolute atomic E-state index is 0.132. The molecule has 2 amide bonds. The number of rotatable bonds is 4. The van der Waals surface area contributed by atoms with Gasteiger partial charge >= 0.3 is 11.9 Å². The molecule has 0 heterocycles. The summed E-state index contributed by atoms with van der Waals surface area (Å²) in [5.74, 6) is -2.22. The van der Waals surface area contributed by atoms with Crippen molar-refractivity contribution in [3.8, 4) is 0 Å². The fraction of sp³-hybridized carbons (Fsp3) is 0.625. The molecule has 0 saturated heterocycles. The SMILES string of the molecule is CCNC(=O)CNC(=O)C(=O)OCC. The van der Waals surface area contributed by atoms with Gasteiger partial charge in [-0.05, 0) is 13.8 Å². The highest BCUT2D eigenvalue weighted by atomic mass is 16.5. The van der Waals surface area contributed by atoms with Crippen molar-refractivity contribution in [3.63, 3.8) is 0 Å². The molecule has 0 aliphatic heterocycles. The molecular formula is C8H14N2O4. The maximum atomic E-state index is 10.9. The van der Waals surface area contributed by atoms with Crippen molar-refractivity contribution in [2.24, 2.45) is 0 Å². The molecule has 0 aromatic rings. The van der Waals surface area contributed by atoms with Gasteiger partial charge in [0.25, 0.3) is 0 Å². The molecule has 14 heavy (non-hydrogen) atoms. The highest BCUT2D eigenvalue weighted by molar-refractivity contribution is 6.32. The van der Waals surface area contributed by atoms with Gasteiger partial charge < -0.3 is 15.4 Å². The fourth-order valence-corrected chi connectivity index (χ4v) is 0.689. The number of likely N-dealkylation sites (N-methyl/N-ethyl adjacent to an activating group) is 1. The Morgan fingerprint density at radius 1 is 1.14 bits per heavy atom. The van der Waals surface area contributed by atoms with Crippen molar-refractivity contribution < 1.29 is 19.1 Å². The third-order valence-electron chi connectivity index (χ3n) is 1.24. The van der Waals surface area contributed by atoms with Crippen LogP contribution >= 0.6 is 0 Å². The molecule has 0 fully saturated rings. The summed E-state index contributed by atoms with van der Waals surface area (Å²) in [6.07, 6.45) is 0. The quantitative estimate of drug-likeness (QED) is 0.443. The Kier molecular flexibility index (Phi) is 6.09. The third kappa shape index (κ3) is 5.13. The van der Waals surface area contributed by atoms with Crippen molar-refractivity contribution in [1.29, 1.82) is 0 Å². The van der Waals surface area contributed by atoms with Crippen LogP contribution in [0.4, 0.5) is 0 Å². The van der Waals surface area contributed by atoms with Gasteiger partial charge in [0, 0.05) is 6.54 Å². The number of hydrogen-bond donors (Lipinski definition) is 2. The van der Waals surface area contributed by atoms with E-state index in [0.717, 1.165) is 0 Å². The summed E-state index contributed by atoms with van der Waals surface area (Å²) >= 11 is 0. The largest absolute Gasteiger partial charge is 0.459 e. The van der Waals surface area contributed by atoms with Crippen LogP contribution < -0.4 is 10.6 Å². The first-order chi connectivity index (χ1) is 6.61. The molecule has 6 heteroatoms. The van der Waals surface area contributed by atoms with E-state index < -0.39 is 11.9 Å². The molecule has 2 N–H and O–H groups in total. The van der Waals surface area contributed by atoms with Gasteiger partial charge in [0.2, 0.25) is 5.91 Å². The van der Waals surface area contributed by atoms with Crippen LogP contribution in [0.3, 0.4) is 0 Å². The second-order valence-electron chi connectivity index (χ2n) is 2.36. The van der Waals surface area contributed by atoms with Gasteiger partial charge in [-0.2, -0.15) is 0 Å². The van der Waals surface area contributed by atoms with E-state index in [-0.39, 0.29) is 19.1 Å². The molecule has 0 aromatic heterocycles. The van der Waals surface area contributed by atoms with Crippen LogP contribution in [0, 0.1) is 0 Å². The number of hydrogen-bond acceptors (Lipinski definition) is 4. The van der Waals surface area contributed by atoms with Crippen LogP contribution in [0.1, 0.15) is 13.8 Å². The Labute approximate surface area is 82.0 Å². The predicted octanol–water partition coefficient (Wildman–Crippen LogP) is -1.20. The third-order valence-corrected chi connectivity index (χ3v) is 1.24. The lowest BCUT2D eigenvalue weighted by atomic mass is 10.5. The standard InChI is InChI=1S/C8H14N2O4/c1-3-9-6(11)5-10-7(12)8(13)14-4-2/h3-5H2,1-2H3,(H,9,11)(H,10,12). The van der Waals surface area contributed by atoms with E-state index in [1.807, 2.05) is 0 Å². The second kappa shape index (κ2) is 6.88. The molecule has 0 bridgehead atoms. The molecule has 0 unspecified atom stereocenters. The highest BCUT2D eigenvalue weighted by Gasteiger charge is 2.14. The lowest BCUT2D eigenvalue weighted by Gasteiger charge is -2.04. The van der Waals surface area contributed by atoms with E-state index in [2.05, 4.69) is 15.4 Å². The number of carbonyl (C=O) groups excluding carboxylic acids is 3. The summed E-state index contributed by atoms with van der Waals surface area (Å²) < 4.78 is 4.41. The molecule has 0 atom stereocenters. The molecule has 80 valence electrons. The van der Waals surface area contributed by atoms with Gasteiger partial charge in [0.05, 0.1) is 13.2 Å². The summed E-state index contributed by atoms with van der Waals surface area (Å²) in [6.45, 7) is 3.74. The molecule has 0 aliphatic rings. The van der Waals surface area contributed by atoms with Crippen LogP contribution in [0.25, 0.3) is 0 Å². The van der Waals surface area contributed by atoms with E-state index in [9.17, 15) is 14.4 Å². The maximum absolute atomic E-state index is 10.9. The zero-order chi connectivity index (χ0) is 11.0. The molecule has 0 rings (SSSR count). The minimum atomic E-state index is -0.975. The summed E-state index contributed by atoms with van der Waals surface area (Å²) in [7, 11) is 0. The number of ether oxygens (including phenoxy) is 1. The van der Waals surface area contributed by atoms with Gasteiger partial charge in [-0.25, -0.2) is 4.79 Å². The Morgan fingerprint density at radius 3 is 2.29 bits per heavy atom. The van der Waals surface area contributed by atoms with Crippen molar-refractivity contribution in [3.05, 3.63) is 0 Å². The molecule has 0 saturated carbocycles. The smallest absolute Gasteiger partial charge is 0.396 e. The number of esters is 1. The summed E-state index contributed by atoms with van der Waals surface area (Å²) in [6, 6.07) is 0. The van der Waals surface area contributed by atoms with Gasteiger partial charge in [0.15, 0.2) is 0 Å². The Hall–Kier alpha value is -1.59. The monoisotopic (exact) mass is 202 g/mol. The topological polar surface area (TPSA) is 84.5 Å². The van der Waals surface area contributed by atoms with E-state index in [0.29, 0.717) is 6.54 Å². The van der Waals surface area contributed by atoms with Crippen molar-refractivity contribution >= 4 is 17.8 Å². The zero-order valence-electron chi connectivity index (χ0n) is 8.25. The zero-order valence-corrected chi connectivity index (χ0v) is 8.25. The predicted molar refractivity (Wildman–Crippen MR) is 48.3 cm³/mol. The molecule has 0 spiro atoms. The van der Waals surface area contributed by atoms with Crippen LogP contribution in [-0.4, -0.2) is 37.5 Å². The second-order valence-corrected chi connectivity index (χ2v) is 2.36. The Morgan fingerprint density at radius 2 is 1.79 bits per heavy atom. The molecule has 6 nitrogen and oxygen atoms in total. The van der Waals surface area contributed by atoms with Crippen molar-refractivity contribution in [2.75, 3.05) is 19.7 Å². The van der Waals surface area contributed by atoms with Gasteiger partial charge in [-0.3, -0.25) is 9.59 Å². The fourth-order valence-electron chi connectivity index (χ4n) is 0.689. The van der Waals surface area contributed by atoms with Crippen molar-refractivity contribution in [2.45, 2.75) is 13.8 Å². The number of amides is 2. The molecule has 0 radical (unpaired) electrons. The van der Waals surface area contributed by atoms with Crippen LogP contribution in [0.5, 0.6) is 0 Å². The summed E-state index contributed by atoms with van der Waals surface area (Å²) in [5.41, 5.74) is 0. The minimum Gasteiger partial charge on any atom is -0.459 e. The average molecular weight is 202 g/mol. The van der Waals surface area contributed by atoms with Crippen LogP contribution in [-0.2, 0) is 19.1 Å². The van der Waals surface area contributed by atoms with Crippen LogP contribution in [0.2, 0.25) is 0 Å². The van der Waals surface area contributed by atoms with Crippen molar-refractivity contribution in [1.82, 2.24) is 10.6 Å². The molecular weight excluding hydrogens is 188 g/mol. The van der Waals surface area contributed by atoms with Gasteiger partial charge in [-0.15, -0.1) is 0 Å². The lowest BCUT2D eigenvalue weighted by molar-refractivity contribution is -0.154. The van der Waals surface area contributed by atoms with E-state index in [1.165, 1.54) is 0 Å². The number of carbonyl (C=O) groups is 3. The van der Waals surface area contributed by atoms with E-state index in [1.54, 1.807) is 13.8 Å². The number of nitrogens with one attached hydrogen (secondary N) is 2. The van der Waals surface area contributed by atoms with E-state index >= 15 is 0 Å². The lowest BCUT2D eigenvalue weighted by Crippen LogP contribution is -2.40. The normalized spacial score (nSPS) is 9.00.